The van der Waals surface area contributed by atoms with Crippen molar-refractivity contribution in [3.63, 3.8) is 0 Å². The molecule has 1 heterocycles. The number of rotatable bonds is 3. The van der Waals surface area contributed by atoms with Crippen LogP contribution in [0.1, 0.15) is 41.0 Å². The van der Waals surface area contributed by atoms with Crippen molar-refractivity contribution < 1.29 is 0 Å². The molecule has 2 nitrogen and oxygen atoms in total. The van der Waals surface area contributed by atoms with E-state index in [0.29, 0.717) is 17.6 Å². The summed E-state index contributed by atoms with van der Waals surface area (Å²) in [5, 5.41) is 3.72. The Balaban J connectivity index is 2.43. The molecule has 1 aliphatic rings. The van der Waals surface area contributed by atoms with E-state index in [1.807, 2.05) is 0 Å². The number of likely N-dealkylation sites (tertiary alicyclic amines) is 1. The van der Waals surface area contributed by atoms with Crippen LogP contribution in [0, 0.1) is 5.92 Å². The maximum Gasteiger partial charge on any atom is 0.0215 e. The van der Waals surface area contributed by atoms with Gasteiger partial charge in [0.25, 0.3) is 0 Å². The summed E-state index contributed by atoms with van der Waals surface area (Å²) >= 11 is 0. The molecule has 0 aromatic rings. The van der Waals surface area contributed by atoms with Gasteiger partial charge in [-0.15, -0.1) is 0 Å². The molecule has 0 aliphatic carbocycles. The third-order valence-electron chi connectivity index (χ3n) is 3.77. The first-order chi connectivity index (χ1) is 6.33. The molecule has 1 N–H and O–H groups in total. The van der Waals surface area contributed by atoms with Gasteiger partial charge in [-0.25, -0.2) is 0 Å². The van der Waals surface area contributed by atoms with Crippen LogP contribution in [0.5, 0.6) is 0 Å². The largest absolute Gasteiger partial charge is 0.310 e. The van der Waals surface area contributed by atoms with Gasteiger partial charge in [0.2, 0.25) is 0 Å². The fraction of sp³-hybridized carbons (Fsp3) is 1.00. The van der Waals surface area contributed by atoms with Crippen LogP contribution in [-0.4, -0.2) is 36.1 Å². The normalized spacial score (nSPS) is 29.8. The van der Waals surface area contributed by atoms with Gasteiger partial charge in [-0.3, -0.25) is 4.90 Å². The molecule has 0 bridgehead atoms. The lowest BCUT2D eigenvalue weighted by atomic mass is 9.99. The van der Waals surface area contributed by atoms with Gasteiger partial charge in [0.15, 0.2) is 0 Å². The fourth-order valence-electron chi connectivity index (χ4n) is 2.08. The van der Waals surface area contributed by atoms with Gasteiger partial charge in [-0.1, -0.05) is 13.8 Å². The molecule has 2 unspecified atom stereocenters. The number of hydrogen-bond acceptors (Lipinski definition) is 2. The highest BCUT2D eigenvalue weighted by molar-refractivity contribution is 4.95. The summed E-state index contributed by atoms with van der Waals surface area (Å²) in [6.07, 6.45) is 1.26. The lowest BCUT2D eigenvalue weighted by molar-refractivity contribution is 0.218. The van der Waals surface area contributed by atoms with Gasteiger partial charge in [0.1, 0.15) is 0 Å². The van der Waals surface area contributed by atoms with Crippen molar-refractivity contribution in [3.8, 4) is 0 Å². The van der Waals surface area contributed by atoms with E-state index >= 15 is 0 Å². The van der Waals surface area contributed by atoms with Crippen LogP contribution in [0.3, 0.4) is 0 Å². The molecule has 0 amide bonds. The van der Waals surface area contributed by atoms with E-state index in [4.69, 9.17) is 0 Å². The highest BCUT2D eigenvalue weighted by Gasteiger charge is 2.36. The number of likely N-dealkylation sites (N-methyl/N-ethyl adjacent to an activating group) is 1. The lowest BCUT2D eigenvalue weighted by Crippen LogP contribution is -2.40. The molecule has 1 saturated heterocycles. The van der Waals surface area contributed by atoms with E-state index in [1.54, 1.807) is 0 Å². The second-order valence-electron chi connectivity index (χ2n) is 5.79. The van der Waals surface area contributed by atoms with Crippen LogP contribution in [0.25, 0.3) is 0 Å². The van der Waals surface area contributed by atoms with Crippen molar-refractivity contribution in [3.05, 3.63) is 0 Å². The molecule has 84 valence electrons. The molecule has 2 heteroatoms. The van der Waals surface area contributed by atoms with Crippen molar-refractivity contribution >= 4 is 0 Å². The second kappa shape index (κ2) is 4.19. The number of nitrogens with one attached hydrogen (secondary N) is 1. The standard InChI is InChI=1S/C12H26N2/c1-9(2)10(3)13-11-7-12(4,5)14(6)8-11/h9-11,13H,7-8H2,1-6H3. The van der Waals surface area contributed by atoms with E-state index in [1.165, 1.54) is 13.0 Å². The van der Waals surface area contributed by atoms with E-state index in [2.05, 4.69) is 51.9 Å². The fourth-order valence-corrected chi connectivity index (χ4v) is 2.08. The van der Waals surface area contributed by atoms with Crippen molar-refractivity contribution in [2.45, 2.75) is 58.7 Å². The molecule has 0 aromatic heterocycles. The molecular formula is C12H26N2. The summed E-state index contributed by atoms with van der Waals surface area (Å²) in [4.78, 5) is 2.46. The Bertz CT molecular complexity index is 187. The van der Waals surface area contributed by atoms with Crippen molar-refractivity contribution in [2.24, 2.45) is 5.92 Å². The molecule has 1 fully saturated rings. The average molecular weight is 198 g/mol. The molecule has 0 spiro atoms. The number of nitrogens with zero attached hydrogens (tertiary/aromatic N) is 1. The third-order valence-corrected chi connectivity index (χ3v) is 3.77. The van der Waals surface area contributed by atoms with Crippen LogP contribution in [0.4, 0.5) is 0 Å². The molecule has 0 aromatic carbocycles. The Morgan fingerprint density at radius 1 is 1.29 bits per heavy atom. The van der Waals surface area contributed by atoms with Crippen LogP contribution >= 0.6 is 0 Å². The minimum atomic E-state index is 0.369. The zero-order chi connectivity index (χ0) is 10.9. The Kier molecular flexibility index (Phi) is 3.59. The minimum Gasteiger partial charge on any atom is -0.310 e. The van der Waals surface area contributed by atoms with Crippen LogP contribution < -0.4 is 5.32 Å². The molecule has 1 rings (SSSR count). The van der Waals surface area contributed by atoms with Crippen molar-refractivity contribution in [1.82, 2.24) is 10.2 Å². The SMILES string of the molecule is CC(C)C(C)NC1CN(C)C(C)(C)C1. The van der Waals surface area contributed by atoms with E-state index in [-0.39, 0.29) is 0 Å². The van der Waals surface area contributed by atoms with Gasteiger partial charge in [-0.05, 0) is 40.2 Å². The first-order valence-corrected chi connectivity index (χ1v) is 5.80. The maximum absolute atomic E-state index is 3.72. The predicted octanol–water partition coefficient (Wildman–Crippen LogP) is 2.10. The topological polar surface area (TPSA) is 15.3 Å². The zero-order valence-corrected chi connectivity index (χ0v) is 10.6. The highest BCUT2D eigenvalue weighted by Crippen LogP contribution is 2.27. The summed E-state index contributed by atoms with van der Waals surface area (Å²) in [5.74, 6) is 0.726. The Labute approximate surface area is 89.1 Å². The zero-order valence-electron chi connectivity index (χ0n) is 10.6. The first kappa shape index (κ1) is 12.0. The van der Waals surface area contributed by atoms with Crippen LogP contribution in [-0.2, 0) is 0 Å². The molecule has 0 saturated carbocycles. The molecule has 14 heavy (non-hydrogen) atoms. The summed E-state index contributed by atoms with van der Waals surface area (Å²) in [6.45, 7) is 12.7. The van der Waals surface area contributed by atoms with E-state index in [0.717, 1.165) is 5.92 Å². The molecular weight excluding hydrogens is 172 g/mol. The van der Waals surface area contributed by atoms with Gasteiger partial charge in [0, 0.05) is 24.2 Å². The Hall–Kier alpha value is -0.0800. The van der Waals surface area contributed by atoms with Crippen molar-refractivity contribution in [2.75, 3.05) is 13.6 Å². The summed E-state index contributed by atoms with van der Waals surface area (Å²) in [6, 6.07) is 1.30. The van der Waals surface area contributed by atoms with E-state index < -0.39 is 0 Å². The monoisotopic (exact) mass is 198 g/mol. The Morgan fingerprint density at radius 2 is 1.86 bits per heavy atom. The lowest BCUT2D eigenvalue weighted by Gasteiger charge is -2.26. The van der Waals surface area contributed by atoms with Gasteiger partial charge < -0.3 is 5.32 Å². The molecule has 1 aliphatic heterocycles. The minimum absolute atomic E-state index is 0.369. The number of hydrogen-bond donors (Lipinski definition) is 1. The first-order valence-electron chi connectivity index (χ1n) is 5.80. The molecule has 0 radical (unpaired) electrons. The average Bonchev–Trinajstić information content (AvgIpc) is 2.25. The van der Waals surface area contributed by atoms with Gasteiger partial charge in [-0.2, -0.15) is 0 Å². The van der Waals surface area contributed by atoms with Crippen LogP contribution in [0.2, 0.25) is 0 Å². The van der Waals surface area contributed by atoms with Crippen molar-refractivity contribution in [1.29, 1.82) is 0 Å². The quantitative estimate of drug-likeness (QED) is 0.747. The maximum atomic E-state index is 3.72. The predicted molar refractivity (Wildman–Crippen MR) is 62.5 cm³/mol. The third kappa shape index (κ3) is 2.71. The Morgan fingerprint density at radius 3 is 2.21 bits per heavy atom. The smallest absolute Gasteiger partial charge is 0.0215 e. The van der Waals surface area contributed by atoms with Crippen LogP contribution in [0.15, 0.2) is 0 Å². The van der Waals surface area contributed by atoms with Gasteiger partial charge in [0.05, 0.1) is 0 Å². The molecule has 2 atom stereocenters. The highest BCUT2D eigenvalue weighted by atomic mass is 15.2. The van der Waals surface area contributed by atoms with Gasteiger partial charge >= 0.3 is 0 Å². The summed E-state index contributed by atoms with van der Waals surface area (Å²) < 4.78 is 0. The second-order valence-corrected chi connectivity index (χ2v) is 5.79. The summed E-state index contributed by atoms with van der Waals surface area (Å²) in [7, 11) is 2.22. The van der Waals surface area contributed by atoms with E-state index in [9.17, 15) is 0 Å². The summed E-state index contributed by atoms with van der Waals surface area (Å²) in [5.41, 5.74) is 0.369.